The van der Waals surface area contributed by atoms with E-state index in [1.165, 1.54) is 19.3 Å². The number of nitrogens with zero attached hydrogens (tertiary/aromatic N) is 1. The molecule has 1 heterocycles. The zero-order valence-electron chi connectivity index (χ0n) is 16.0. The molecule has 0 radical (unpaired) electrons. The van der Waals surface area contributed by atoms with Crippen LogP contribution in [0.4, 0.5) is 5.69 Å². The van der Waals surface area contributed by atoms with Crippen molar-refractivity contribution in [1.82, 2.24) is 4.90 Å². The number of hydrogen-bond donors (Lipinski definition) is 2. The van der Waals surface area contributed by atoms with E-state index in [2.05, 4.69) is 5.32 Å². The number of likely N-dealkylation sites (tertiary alicyclic amines) is 1. The van der Waals surface area contributed by atoms with E-state index in [0.29, 0.717) is 36.9 Å². The van der Waals surface area contributed by atoms with Crippen molar-refractivity contribution in [1.29, 1.82) is 0 Å². The fraction of sp³-hybridized carbons (Fsp3) is 0.636. The standard InChI is InChI=1S/C22H31N3O2/c23-20-16-5-4-6-17(20)14-18(13-16)22(27)25-11-9-15(10-12-25)21(26)24-19-7-2-1-3-8-19/h1-3,7-8,15-18,20H,4-6,9-14,23H2,(H,24,26). The summed E-state index contributed by atoms with van der Waals surface area (Å²) in [6.07, 6.45) is 7.07. The van der Waals surface area contributed by atoms with E-state index < -0.39 is 0 Å². The number of carbonyl (C=O) groups excluding carboxylic acids is 2. The molecule has 1 aromatic rings. The molecule has 3 fully saturated rings. The fourth-order valence-electron chi connectivity index (χ4n) is 5.38. The number of amides is 2. The van der Waals surface area contributed by atoms with Crippen LogP contribution in [0.15, 0.2) is 30.3 Å². The van der Waals surface area contributed by atoms with Gasteiger partial charge in [0, 0.05) is 36.7 Å². The molecule has 3 N–H and O–H groups in total. The Labute approximate surface area is 161 Å². The van der Waals surface area contributed by atoms with Gasteiger partial charge in [0.1, 0.15) is 0 Å². The number of para-hydroxylation sites is 1. The quantitative estimate of drug-likeness (QED) is 0.860. The van der Waals surface area contributed by atoms with Crippen molar-refractivity contribution in [3.8, 4) is 0 Å². The molecule has 27 heavy (non-hydrogen) atoms. The Hall–Kier alpha value is -1.88. The highest BCUT2D eigenvalue weighted by molar-refractivity contribution is 5.92. The first-order chi connectivity index (χ1) is 13.1. The summed E-state index contributed by atoms with van der Waals surface area (Å²) in [5.41, 5.74) is 7.21. The van der Waals surface area contributed by atoms with Gasteiger partial charge in [-0.1, -0.05) is 24.6 Å². The second-order valence-corrected chi connectivity index (χ2v) is 8.65. The number of piperidine rings is 1. The molecular weight excluding hydrogens is 338 g/mol. The lowest BCUT2D eigenvalue weighted by atomic mass is 9.65. The molecule has 1 aromatic carbocycles. The first kappa shape index (κ1) is 18.5. The second kappa shape index (κ2) is 8.01. The van der Waals surface area contributed by atoms with Crippen LogP contribution in [0, 0.1) is 23.7 Å². The van der Waals surface area contributed by atoms with Crippen molar-refractivity contribution in [2.75, 3.05) is 18.4 Å². The van der Waals surface area contributed by atoms with E-state index in [1.54, 1.807) is 0 Å². The van der Waals surface area contributed by atoms with Crippen LogP contribution in [0.3, 0.4) is 0 Å². The van der Waals surface area contributed by atoms with Crippen LogP contribution in [-0.4, -0.2) is 35.8 Å². The van der Waals surface area contributed by atoms with Crippen molar-refractivity contribution < 1.29 is 9.59 Å². The molecule has 2 bridgehead atoms. The predicted molar refractivity (Wildman–Crippen MR) is 106 cm³/mol. The first-order valence-corrected chi connectivity index (χ1v) is 10.5. The largest absolute Gasteiger partial charge is 0.342 e. The van der Waals surface area contributed by atoms with Crippen molar-refractivity contribution in [2.24, 2.45) is 29.4 Å². The Kier molecular flexibility index (Phi) is 5.48. The van der Waals surface area contributed by atoms with Crippen molar-refractivity contribution >= 4 is 17.5 Å². The summed E-state index contributed by atoms with van der Waals surface area (Å²) >= 11 is 0. The molecule has 2 unspecified atom stereocenters. The third kappa shape index (κ3) is 4.03. The molecule has 1 aliphatic heterocycles. The van der Waals surface area contributed by atoms with E-state index in [1.807, 2.05) is 35.2 Å². The van der Waals surface area contributed by atoms with Crippen LogP contribution >= 0.6 is 0 Å². The molecule has 3 aliphatic rings. The van der Waals surface area contributed by atoms with E-state index >= 15 is 0 Å². The maximum Gasteiger partial charge on any atom is 0.227 e. The third-order valence-electron chi connectivity index (χ3n) is 6.98. The van der Waals surface area contributed by atoms with E-state index in [9.17, 15) is 9.59 Å². The molecule has 2 saturated carbocycles. The minimum Gasteiger partial charge on any atom is -0.342 e. The summed E-state index contributed by atoms with van der Waals surface area (Å²) in [6, 6.07) is 9.88. The average molecular weight is 370 g/mol. The Bertz CT molecular complexity index is 655. The average Bonchev–Trinajstić information content (AvgIpc) is 2.68. The van der Waals surface area contributed by atoms with E-state index in [0.717, 1.165) is 31.4 Å². The first-order valence-electron chi connectivity index (χ1n) is 10.5. The molecule has 4 rings (SSSR count). The highest BCUT2D eigenvalue weighted by Gasteiger charge is 2.42. The molecule has 0 aromatic heterocycles. The van der Waals surface area contributed by atoms with Crippen molar-refractivity contribution in [2.45, 2.75) is 51.0 Å². The molecule has 5 nitrogen and oxygen atoms in total. The topological polar surface area (TPSA) is 75.4 Å². The van der Waals surface area contributed by atoms with Crippen molar-refractivity contribution in [3.05, 3.63) is 30.3 Å². The summed E-state index contributed by atoms with van der Waals surface area (Å²) in [4.78, 5) is 27.5. The highest BCUT2D eigenvalue weighted by atomic mass is 16.2. The Morgan fingerprint density at radius 1 is 0.926 bits per heavy atom. The Morgan fingerprint density at radius 3 is 2.19 bits per heavy atom. The van der Waals surface area contributed by atoms with Gasteiger partial charge in [-0.2, -0.15) is 0 Å². The molecule has 146 valence electrons. The highest BCUT2D eigenvalue weighted by Crippen LogP contribution is 2.42. The molecule has 2 aliphatic carbocycles. The van der Waals surface area contributed by atoms with E-state index in [-0.39, 0.29) is 17.7 Å². The zero-order valence-corrected chi connectivity index (χ0v) is 16.0. The van der Waals surface area contributed by atoms with Gasteiger partial charge in [0.15, 0.2) is 0 Å². The minimum atomic E-state index is -0.00610. The Morgan fingerprint density at radius 2 is 1.56 bits per heavy atom. The summed E-state index contributed by atoms with van der Waals surface area (Å²) in [6.45, 7) is 1.40. The normalized spacial score (nSPS) is 31.4. The van der Waals surface area contributed by atoms with Gasteiger partial charge < -0.3 is 16.0 Å². The van der Waals surface area contributed by atoms with Gasteiger partial charge in [-0.3, -0.25) is 9.59 Å². The van der Waals surface area contributed by atoms with Gasteiger partial charge in [0.25, 0.3) is 0 Å². The zero-order chi connectivity index (χ0) is 18.8. The fourth-order valence-corrected chi connectivity index (χ4v) is 5.38. The van der Waals surface area contributed by atoms with Gasteiger partial charge >= 0.3 is 0 Å². The van der Waals surface area contributed by atoms with Crippen LogP contribution in [0.5, 0.6) is 0 Å². The predicted octanol–water partition coefficient (Wildman–Crippen LogP) is 3.02. The number of nitrogens with one attached hydrogen (secondary N) is 1. The Balaban J connectivity index is 1.29. The summed E-state index contributed by atoms with van der Waals surface area (Å²) in [7, 11) is 0. The molecular formula is C22H31N3O2. The molecule has 0 spiro atoms. The smallest absolute Gasteiger partial charge is 0.227 e. The van der Waals surface area contributed by atoms with Crippen LogP contribution in [0.1, 0.15) is 44.9 Å². The van der Waals surface area contributed by atoms with Crippen LogP contribution in [0.2, 0.25) is 0 Å². The van der Waals surface area contributed by atoms with Gasteiger partial charge in [-0.15, -0.1) is 0 Å². The number of hydrogen-bond acceptors (Lipinski definition) is 3. The lowest BCUT2D eigenvalue weighted by Crippen LogP contribution is -2.51. The van der Waals surface area contributed by atoms with E-state index in [4.69, 9.17) is 5.73 Å². The van der Waals surface area contributed by atoms with Crippen LogP contribution in [0.25, 0.3) is 0 Å². The van der Waals surface area contributed by atoms with Crippen molar-refractivity contribution in [3.63, 3.8) is 0 Å². The molecule has 1 saturated heterocycles. The number of rotatable bonds is 3. The maximum absolute atomic E-state index is 13.0. The SMILES string of the molecule is NC1C2CCCC1CC(C(=O)N1CCC(C(=O)Nc3ccccc3)CC1)C2. The summed E-state index contributed by atoms with van der Waals surface area (Å²) in [5.74, 6) is 1.58. The van der Waals surface area contributed by atoms with Crippen LogP contribution in [-0.2, 0) is 9.59 Å². The summed E-state index contributed by atoms with van der Waals surface area (Å²) < 4.78 is 0. The number of carbonyl (C=O) groups is 2. The molecule has 2 atom stereocenters. The summed E-state index contributed by atoms with van der Waals surface area (Å²) in [5, 5.41) is 2.99. The monoisotopic (exact) mass is 369 g/mol. The van der Waals surface area contributed by atoms with Gasteiger partial charge in [0.05, 0.1) is 0 Å². The van der Waals surface area contributed by atoms with Gasteiger partial charge in [-0.05, 0) is 62.5 Å². The second-order valence-electron chi connectivity index (χ2n) is 8.65. The lowest BCUT2D eigenvalue weighted by molar-refractivity contribution is -0.141. The number of nitrogens with two attached hydrogens (primary N) is 1. The number of anilines is 1. The third-order valence-corrected chi connectivity index (χ3v) is 6.98. The molecule has 2 amide bonds. The number of benzene rings is 1. The molecule has 5 heteroatoms. The minimum absolute atomic E-state index is 0.00610. The number of fused-ring (bicyclic) bond motifs is 2. The van der Waals surface area contributed by atoms with Gasteiger partial charge in [-0.25, -0.2) is 0 Å². The van der Waals surface area contributed by atoms with Crippen LogP contribution < -0.4 is 11.1 Å². The van der Waals surface area contributed by atoms with Gasteiger partial charge in [0.2, 0.25) is 11.8 Å². The lowest BCUT2D eigenvalue weighted by Gasteiger charge is -2.45. The maximum atomic E-state index is 13.0.